The Labute approximate surface area is 208 Å². The number of halogens is 1. The minimum absolute atomic E-state index is 0. The van der Waals surface area contributed by atoms with Gasteiger partial charge in [-0.2, -0.15) is 0 Å². The molecule has 4 aromatic rings. The normalized spacial score (nSPS) is 11.0. The molecule has 0 unspecified atom stereocenters. The molecule has 0 radical (unpaired) electrons. The number of amidine groups is 1. The molecule has 3 N–H and O–H groups in total. The number of H-pyrrole nitrogens is 1. The highest BCUT2D eigenvalue weighted by atomic mass is 79.9. The summed E-state index contributed by atoms with van der Waals surface area (Å²) in [6.45, 7) is 2.60. The van der Waals surface area contributed by atoms with Gasteiger partial charge in [0.25, 0.3) is 0 Å². The maximum atomic E-state index is 12.8. The molecular formula is C26H25BrN4OS. The Morgan fingerprint density at radius 1 is 0.939 bits per heavy atom. The summed E-state index contributed by atoms with van der Waals surface area (Å²) >= 11 is 1.44. The first-order chi connectivity index (χ1) is 15.7. The standard InChI is InChI=1S/C26H24N4OS.BrH/c1-19-16-25(30-29-19)28-26(27-17-20-8-4-2-5-9-20)32-18-24(31)23-14-12-22(13-15-23)21-10-6-3-7-11-21;/h2-16H,17-18H2,1H3,(H2,27,28,29,30);1H. The average Bonchev–Trinajstić information content (AvgIpc) is 3.26. The zero-order chi connectivity index (χ0) is 22.2. The number of aromatic nitrogens is 2. The molecule has 0 aliphatic heterocycles. The van der Waals surface area contributed by atoms with E-state index in [4.69, 9.17) is 0 Å². The van der Waals surface area contributed by atoms with Crippen LogP contribution in [0.4, 0.5) is 5.82 Å². The predicted octanol–water partition coefficient (Wildman–Crippen LogP) is 1.05. The third-order valence-electron chi connectivity index (χ3n) is 4.91. The Bertz CT molecular complexity index is 1190. The Hall–Kier alpha value is -3.16. The number of rotatable bonds is 7. The molecule has 0 amide bonds. The van der Waals surface area contributed by atoms with Crippen molar-refractivity contribution in [1.29, 1.82) is 0 Å². The second-order valence-electron chi connectivity index (χ2n) is 7.38. The number of nitrogens with zero attached hydrogens (tertiary/aromatic N) is 1. The van der Waals surface area contributed by atoms with Gasteiger partial charge in [0.1, 0.15) is 6.54 Å². The van der Waals surface area contributed by atoms with Gasteiger partial charge >= 0.3 is 5.17 Å². The smallest absolute Gasteiger partial charge is 0.311 e. The maximum Gasteiger partial charge on any atom is 0.311 e. The summed E-state index contributed by atoms with van der Waals surface area (Å²) in [5.41, 5.74) is 5.07. The predicted molar refractivity (Wildman–Crippen MR) is 132 cm³/mol. The van der Waals surface area contributed by atoms with Crippen LogP contribution in [0.15, 0.2) is 91.0 Å². The molecule has 0 atom stereocenters. The van der Waals surface area contributed by atoms with Crippen molar-refractivity contribution < 1.29 is 26.8 Å². The summed E-state index contributed by atoms with van der Waals surface area (Å²) in [6.07, 6.45) is 0. The lowest BCUT2D eigenvalue weighted by molar-refractivity contribution is -0.472. The lowest BCUT2D eigenvalue weighted by Gasteiger charge is -2.05. The Morgan fingerprint density at radius 3 is 2.21 bits per heavy atom. The van der Waals surface area contributed by atoms with E-state index < -0.39 is 0 Å². The lowest BCUT2D eigenvalue weighted by atomic mass is 10.0. The van der Waals surface area contributed by atoms with Crippen LogP contribution in [0.3, 0.4) is 0 Å². The third kappa shape index (κ3) is 7.17. The Kier molecular flexibility index (Phi) is 9.04. The number of hydrogen-bond donors (Lipinski definition) is 3. The van der Waals surface area contributed by atoms with Crippen LogP contribution < -0.4 is 27.3 Å². The van der Waals surface area contributed by atoms with E-state index in [0.717, 1.165) is 27.6 Å². The van der Waals surface area contributed by atoms with E-state index in [1.807, 2.05) is 73.7 Å². The van der Waals surface area contributed by atoms with Crippen molar-refractivity contribution in [3.8, 4) is 11.1 Å². The first-order valence-electron chi connectivity index (χ1n) is 10.4. The molecule has 1 heterocycles. The van der Waals surface area contributed by atoms with Gasteiger partial charge in [-0.05, 0) is 35.4 Å². The second kappa shape index (κ2) is 12.2. The van der Waals surface area contributed by atoms with E-state index in [0.29, 0.717) is 23.7 Å². The fourth-order valence-corrected chi connectivity index (χ4v) is 4.00. The molecule has 0 saturated carbocycles. The van der Waals surface area contributed by atoms with Gasteiger partial charge in [-0.25, -0.2) is 5.32 Å². The van der Waals surface area contributed by atoms with Crippen LogP contribution in [0.25, 0.3) is 11.1 Å². The van der Waals surface area contributed by atoms with Crippen molar-refractivity contribution in [2.75, 3.05) is 11.1 Å². The quantitative estimate of drug-likeness (QED) is 0.193. The fraction of sp³-hybridized carbons (Fsp3) is 0.115. The minimum atomic E-state index is 0. The molecule has 4 rings (SSSR count). The van der Waals surface area contributed by atoms with Crippen molar-refractivity contribution in [2.45, 2.75) is 13.5 Å². The molecule has 0 aliphatic rings. The number of aromatic amines is 1. The molecule has 168 valence electrons. The van der Waals surface area contributed by atoms with Gasteiger partial charge in [-0.15, -0.1) is 5.10 Å². The number of Topliss-reactive ketones (excluding diaryl/α,β-unsaturated/α-hetero) is 1. The van der Waals surface area contributed by atoms with Crippen molar-refractivity contribution >= 4 is 28.5 Å². The number of nitrogens with one attached hydrogen (secondary N) is 3. The van der Waals surface area contributed by atoms with Crippen LogP contribution in [0.1, 0.15) is 21.6 Å². The molecule has 0 aliphatic carbocycles. The number of anilines is 1. The van der Waals surface area contributed by atoms with Crippen LogP contribution in [0.2, 0.25) is 0 Å². The van der Waals surface area contributed by atoms with Crippen LogP contribution in [0.5, 0.6) is 0 Å². The zero-order valence-electron chi connectivity index (χ0n) is 18.2. The number of carbonyl (C=O) groups is 1. The monoisotopic (exact) mass is 520 g/mol. The van der Waals surface area contributed by atoms with Gasteiger partial charge in [0.05, 0.1) is 5.75 Å². The van der Waals surface area contributed by atoms with E-state index in [9.17, 15) is 4.79 Å². The van der Waals surface area contributed by atoms with Crippen molar-refractivity contribution in [2.24, 2.45) is 0 Å². The molecular weight excluding hydrogens is 496 g/mol. The Balaban J connectivity index is 0.00000306. The number of ketones is 1. The van der Waals surface area contributed by atoms with E-state index in [-0.39, 0.29) is 22.8 Å². The number of carbonyl (C=O) groups excluding carboxylic acids is 1. The highest BCUT2D eigenvalue weighted by Gasteiger charge is 2.15. The molecule has 0 fully saturated rings. The molecule has 1 aromatic heterocycles. The summed E-state index contributed by atoms with van der Waals surface area (Å²) in [4.78, 5) is 16.2. The maximum absolute atomic E-state index is 12.8. The van der Waals surface area contributed by atoms with Crippen LogP contribution in [0, 0.1) is 6.92 Å². The summed E-state index contributed by atoms with van der Waals surface area (Å²) in [5, 5.41) is 11.2. The third-order valence-corrected chi connectivity index (χ3v) is 5.85. The number of hydrogen-bond acceptors (Lipinski definition) is 3. The van der Waals surface area contributed by atoms with Crippen molar-refractivity contribution in [3.63, 3.8) is 0 Å². The summed E-state index contributed by atoms with van der Waals surface area (Å²) in [6, 6.07) is 30.0. The minimum Gasteiger partial charge on any atom is -1.00 e. The number of aryl methyl sites for hydroxylation is 1. The summed E-state index contributed by atoms with van der Waals surface area (Å²) in [5.74, 6) is 1.11. The van der Waals surface area contributed by atoms with Gasteiger partial charge < -0.3 is 17.0 Å². The highest BCUT2D eigenvalue weighted by Crippen LogP contribution is 2.20. The molecule has 0 spiro atoms. The van der Waals surface area contributed by atoms with Gasteiger partial charge in [-0.1, -0.05) is 84.9 Å². The number of benzene rings is 3. The average molecular weight is 521 g/mol. The van der Waals surface area contributed by atoms with Crippen molar-refractivity contribution in [3.05, 3.63) is 108 Å². The zero-order valence-corrected chi connectivity index (χ0v) is 20.6. The fourth-order valence-electron chi connectivity index (χ4n) is 3.21. The molecule has 7 heteroatoms. The van der Waals surface area contributed by atoms with Crippen LogP contribution >= 0.6 is 11.8 Å². The van der Waals surface area contributed by atoms with Crippen molar-refractivity contribution in [1.82, 2.24) is 10.2 Å². The van der Waals surface area contributed by atoms with E-state index in [1.165, 1.54) is 11.8 Å². The first-order valence-corrected chi connectivity index (χ1v) is 11.4. The van der Waals surface area contributed by atoms with E-state index >= 15 is 0 Å². The summed E-state index contributed by atoms with van der Waals surface area (Å²) in [7, 11) is 0. The Morgan fingerprint density at radius 2 is 1.58 bits per heavy atom. The van der Waals surface area contributed by atoms with Crippen LogP contribution in [-0.4, -0.2) is 26.9 Å². The second-order valence-corrected chi connectivity index (χ2v) is 8.37. The molecule has 3 aromatic carbocycles. The first kappa shape index (κ1) is 24.5. The molecule has 0 bridgehead atoms. The van der Waals surface area contributed by atoms with Gasteiger partial charge in [0, 0.05) is 17.3 Å². The van der Waals surface area contributed by atoms with E-state index in [1.54, 1.807) is 0 Å². The largest absolute Gasteiger partial charge is 1.00 e. The number of thioether (sulfide) groups is 1. The van der Waals surface area contributed by atoms with Gasteiger partial charge in [0.2, 0.25) is 5.82 Å². The SMILES string of the molecule is Cc1cc(NC(=[NH+]Cc2ccccc2)SCC(=O)c2ccc(-c3ccccc3)cc2)n[nH]1.[Br-]. The summed E-state index contributed by atoms with van der Waals surface area (Å²) < 4.78 is 0. The van der Waals surface area contributed by atoms with E-state index in [2.05, 4.69) is 44.8 Å². The highest BCUT2D eigenvalue weighted by molar-refractivity contribution is 8.14. The van der Waals surface area contributed by atoms with Gasteiger partial charge in [-0.3, -0.25) is 14.9 Å². The molecule has 0 saturated heterocycles. The van der Waals surface area contributed by atoms with Crippen LogP contribution in [-0.2, 0) is 6.54 Å². The lowest BCUT2D eigenvalue weighted by Crippen LogP contribution is -3.00. The van der Waals surface area contributed by atoms with Gasteiger partial charge in [0.15, 0.2) is 5.78 Å². The topological polar surface area (TPSA) is 71.8 Å². The molecule has 33 heavy (non-hydrogen) atoms. The molecule has 5 nitrogen and oxygen atoms in total.